The van der Waals surface area contributed by atoms with E-state index in [1.807, 2.05) is 49.5 Å². The highest BCUT2D eigenvalue weighted by atomic mass is 16.5. The number of rotatable bonds is 5. The van der Waals surface area contributed by atoms with Crippen molar-refractivity contribution in [3.8, 4) is 0 Å². The van der Waals surface area contributed by atoms with E-state index in [1.165, 1.54) is 7.11 Å². The molecule has 23 heavy (non-hydrogen) atoms. The maximum Gasteiger partial charge on any atom is 0.327 e. The summed E-state index contributed by atoms with van der Waals surface area (Å²) in [6.07, 6.45) is 1.67. The van der Waals surface area contributed by atoms with Crippen molar-refractivity contribution in [1.82, 2.24) is 20.3 Å². The van der Waals surface area contributed by atoms with Gasteiger partial charge in [-0.1, -0.05) is 41.6 Å². The lowest BCUT2D eigenvalue weighted by Crippen LogP contribution is -2.30. The van der Waals surface area contributed by atoms with Crippen molar-refractivity contribution >= 4 is 16.7 Å². The molecular formula is C17H18N4O2. The van der Waals surface area contributed by atoms with Crippen molar-refractivity contribution in [2.75, 3.05) is 7.11 Å². The lowest BCUT2D eigenvalue weighted by Gasteiger charge is -2.17. The zero-order chi connectivity index (χ0) is 16.2. The van der Waals surface area contributed by atoms with E-state index in [-0.39, 0.29) is 5.97 Å². The van der Waals surface area contributed by atoms with Crippen molar-refractivity contribution in [1.29, 1.82) is 0 Å². The van der Waals surface area contributed by atoms with Crippen molar-refractivity contribution in [2.24, 2.45) is 7.05 Å². The van der Waals surface area contributed by atoms with Crippen LogP contribution in [-0.4, -0.2) is 28.1 Å². The summed E-state index contributed by atoms with van der Waals surface area (Å²) in [6, 6.07) is 13.5. The van der Waals surface area contributed by atoms with Crippen LogP contribution in [0.5, 0.6) is 0 Å². The molecule has 6 nitrogen and oxygen atoms in total. The van der Waals surface area contributed by atoms with Gasteiger partial charge in [-0.25, -0.2) is 4.79 Å². The lowest BCUT2D eigenvalue weighted by atomic mass is 10.0. The standard InChI is InChI=1S/C17H18N4O2/c1-21-15(11-19-20-21)10-18-16(17(22)23-2)14-8-7-12-5-3-4-6-13(12)9-14/h3-9,11,16,18H,10H2,1-2H3. The smallest absolute Gasteiger partial charge is 0.327 e. The van der Waals surface area contributed by atoms with E-state index in [0.717, 1.165) is 22.0 Å². The number of aromatic nitrogens is 3. The molecule has 118 valence electrons. The molecule has 1 heterocycles. The number of benzene rings is 2. The highest BCUT2D eigenvalue weighted by Gasteiger charge is 2.21. The highest BCUT2D eigenvalue weighted by molar-refractivity contribution is 5.85. The van der Waals surface area contributed by atoms with Gasteiger partial charge in [-0.15, -0.1) is 5.10 Å². The number of nitrogens with zero attached hydrogens (tertiary/aromatic N) is 3. The van der Waals surface area contributed by atoms with Crippen LogP contribution in [0.4, 0.5) is 0 Å². The van der Waals surface area contributed by atoms with Gasteiger partial charge in [0.1, 0.15) is 6.04 Å². The number of carbonyl (C=O) groups is 1. The van der Waals surface area contributed by atoms with Gasteiger partial charge in [0.2, 0.25) is 0 Å². The fourth-order valence-corrected chi connectivity index (χ4v) is 2.52. The largest absolute Gasteiger partial charge is 0.468 e. The first-order chi connectivity index (χ1) is 11.2. The molecule has 0 radical (unpaired) electrons. The third-order valence-corrected chi connectivity index (χ3v) is 3.84. The van der Waals surface area contributed by atoms with Crippen LogP contribution in [0.3, 0.4) is 0 Å². The van der Waals surface area contributed by atoms with Crippen molar-refractivity contribution in [3.63, 3.8) is 0 Å². The Kier molecular flexibility index (Phi) is 4.34. The molecule has 1 N–H and O–H groups in total. The molecular weight excluding hydrogens is 292 g/mol. The Morgan fingerprint density at radius 3 is 2.74 bits per heavy atom. The van der Waals surface area contributed by atoms with Crippen LogP contribution in [0.2, 0.25) is 0 Å². The van der Waals surface area contributed by atoms with Gasteiger partial charge in [-0.2, -0.15) is 0 Å². The highest BCUT2D eigenvalue weighted by Crippen LogP contribution is 2.21. The molecule has 0 fully saturated rings. The molecule has 3 rings (SSSR count). The molecule has 1 unspecified atom stereocenters. The maximum absolute atomic E-state index is 12.2. The number of nitrogens with one attached hydrogen (secondary N) is 1. The molecule has 3 aromatic rings. The topological polar surface area (TPSA) is 69.0 Å². The minimum absolute atomic E-state index is 0.324. The minimum atomic E-state index is -0.542. The van der Waals surface area contributed by atoms with Gasteiger partial charge in [-0.3, -0.25) is 10.00 Å². The van der Waals surface area contributed by atoms with Crippen molar-refractivity contribution < 1.29 is 9.53 Å². The van der Waals surface area contributed by atoms with E-state index in [2.05, 4.69) is 15.6 Å². The Bertz CT molecular complexity index is 828. The fourth-order valence-electron chi connectivity index (χ4n) is 2.52. The molecule has 0 bridgehead atoms. The van der Waals surface area contributed by atoms with Crippen LogP contribution in [-0.2, 0) is 23.1 Å². The van der Waals surface area contributed by atoms with Crippen LogP contribution in [0.25, 0.3) is 10.8 Å². The molecule has 1 atom stereocenters. The number of aryl methyl sites for hydroxylation is 1. The fraction of sp³-hybridized carbons (Fsp3) is 0.235. The quantitative estimate of drug-likeness (QED) is 0.730. The van der Waals surface area contributed by atoms with E-state index in [0.29, 0.717) is 6.54 Å². The summed E-state index contributed by atoms with van der Waals surface area (Å²) in [5.41, 5.74) is 1.75. The summed E-state index contributed by atoms with van der Waals surface area (Å²) in [4.78, 5) is 12.2. The first-order valence-corrected chi connectivity index (χ1v) is 7.32. The van der Waals surface area contributed by atoms with E-state index in [4.69, 9.17) is 4.74 Å². The summed E-state index contributed by atoms with van der Waals surface area (Å²) >= 11 is 0. The maximum atomic E-state index is 12.2. The number of esters is 1. The summed E-state index contributed by atoms with van der Waals surface area (Å²) in [5, 5.41) is 13.2. The van der Waals surface area contributed by atoms with Gasteiger partial charge >= 0.3 is 5.97 Å². The summed E-state index contributed by atoms with van der Waals surface area (Å²) in [7, 11) is 3.21. The summed E-state index contributed by atoms with van der Waals surface area (Å²) in [6.45, 7) is 0.468. The van der Waals surface area contributed by atoms with Gasteiger partial charge in [0.15, 0.2) is 0 Å². The Balaban J connectivity index is 1.88. The van der Waals surface area contributed by atoms with Gasteiger partial charge in [0.05, 0.1) is 19.0 Å². The zero-order valence-electron chi connectivity index (χ0n) is 13.1. The summed E-state index contributed by atoms with van der Waals surface area (Å²) in [5.74, 6) is -0.324. The molecule has 0 saturated heterocycles. The number of fused-ring (bicyclic) bond motifs is 1. The minimum Gasteiger partial charge on any atom is -0.468 e. The molecule has 0 spiro atoms. The van der Waals surface area contributed by atoms with Crippen LogP contribution in [0.15, 0.2) is 48.7 Å². The Morgan fingerprint density at radius 1 is 1.26 bits per heavy atom. The first-order valence-electron chi connectivity index (χ1n) is 7.32. The molecule has 0 amide bonds. The molecule has 1 aromatic heterocycles. The molecule has 6 heteroatoms. The second kappa shape index (κ2) is 6.58. The van der Waals surface area contributed by atoms with E-state index < -0.39 is 6.04 Å². The van der Waals surface area contributed by atoms with E-state index in [9.17, 15) is 4.79 Å². The van der Waals surface area contributed by atoms with E-state index >= 15 is 0 Å². The van der Waals surface area contributed by atoms with Crippen LogP contribution in [0.1, 0.15) is 17.3 Å². The average molecular weight is 310 g/mol. The van der Waals surface area contributed by atoms with E-state index in [1.54, 1.807) is 10.9 Å². The predicted molar refractivity (Wildman–Crippen MR) is 86.5 cm³/mol. The third-order valence-electron chi connectivity index (χ3n) is 3.84. The van der Waals surface area contributed by atoms with Crippen molar-refractivity contribution in [2.45, 2.75) is 12.6 Å². The molecule has 0 aliphatic heterocycles. The Labute approximate surface area is 134 Å². The monoisotopic (exact) mass is 310 g/mol. The first kappa shape index (κ1) is 15.2. The Morgan fingerprint density at radius 2 is 2.04 bits per heavy atom. The number of ether oxygens (including phenoxy) is 1. The molecule has 0 saturated carbocycles. The van der Waals surface area contributed by atoms with Gasteiger partial charge in [0.25, 0.3) is 0 Å². The predicted octanol–water partition coefficient (Wildman–Crippen LogP) is 1.97. The number of hydrogen-bond donors (Lipinski definition) is 1. The molecule has 2 aromatic carbocycles. The van der Waals surface area contributed by atoms with Crippen LogP contribution < -0.4 is 5.32 Å². The zero-order valence-corrected chi connectivity index (χ0v) is 13.1. The lowest BCUT2D eigenvalue weighted by molar-refractivity contribution is -0.143. The average Bonchev–Trinajstić information content (AvgIpc) is 2.99. The summed E-state index contributed by atoms with van der Waals surface area (Å²) < 4.78 is 6.61. The van der Waals surface area contributed by atoms with Gasteiger partial charge in [-0.05, 0) is 22.4 Å². The second-order valence-corrected chi connectivity index (χ2v) is 5.29. The van der Waals surface area contributed by atoms with Gasteiger partial charge < -0.3 is 4.74 Å². The van der Waals surface area contributed by atoms with Gasteiger partial charge in [0, 0.05) is 13.6 Å². The number of hydrogen-bond acceptors (Lipinski definition) is 5. The Hall–Kier alpha value is -2.73. The normalized spacial score (nSPS) is 12.3. The van der Waals surface area contributed by atoms with Crippen molar-refractivity contribution in [3.05, 3.63) is 59.9 Å². The van der Waals surface area contributed by atoms with Crippen LogP contribution in [0, 0.1) is 0 Å². The molecule has 0 aliphatic carbocycles. The second-order valence-electron chi connectivity index (χ2n) is 5.29. The molecule has 0 aliphatic rings. The van der Waals surface area contributed by atoms with Crippen LogP contribution >= 0.6 is 0 Å². The third kappa shape index (κ3) is 3.22. The number of methoxy groups -OCH3 is 1. The SMILES string of the molecule is COC(=O)C(NCc1cnnn1C)c1ccc2ccccc2c1. The number of carbonyl (C=O) groups excluding carboxylic acids is 1.